The molecule has 0 aromatic heterocycles. The minimum Gasteiger partial charge on any atom is -0.489 e. The second-order valence-electron chi connectivity index (χ2n) is 4.40. The van der Waals surface area contributed by atoms with Crippen molar-refractivity contribution >= 4 is 11.6 Å². The molecule has 0 saturated heterocycles. The zero-order valence-electron chi connectivity index (χ0n) is 10.7. The quantitative estimate of drug-likeness (QED) is 0.729. The van der Waals surface area contributed by atoms with Gasteiger partial charge in [0.05, 0.1) is 5.88 Å². The first-order valence-corrected chi connectivity index (χ1v) is 6.57. The first-order chi connectivity index (χ1) is 8.72. The van der Waals surface area contributed by atoms with E-state index in [0.29, 0.717) is 12.5 Å². The molecule has 1 nitrogen and oxygen atoms in total. The molecule has 0 heterocycles. The molecule has 2 rings (SSSR count). The van der Waals surface area contributed by atoms with Gasteiger partial charge in [0.2, 0.25) is 0 Å². The molecule has 0 amide bonds. The van der Waals surface area contributed by atoms with Crippen LogP contribution in [0.15, 0.2) is 42.5 Å². The average molecular weight is 261 g/mol. The summed E-state index contributed by atoms with van der Waals surface area (Å²) in [6, 6.07) is 14.2. The third-order valence-electron chi connectivity index (χ3n) is 3.13. The lowest BCUT2D eigenvalue weighted by Gasteiger charge is -2.13. The van der Waals surface area contributed by atoms with Crippen molar-refractivity contribution in [1.82, 2.24) is 0 Å². The number of benzene rings is 2. The van der Waals surface area contributed by atoms with Crippen LogP contribution in [0.2, 0.25) is 0 Å². The van der Waals surface area contributed by atoms with Crippen molar-refractivity contribution in [3.63, 3.8) is 0 Å². The Morgan fingerprint density at radius 3 is 2.28 bits per heavy atom. The Morgan fingerprint density at radius 1 is 0.944 bits per heavy atom. The second kappa shape index (κ2) is 5.92. The number of aryl methyl sites for hydroxylation is 2. The Bertz CT molecular complexity index is 514. The summed E-state index contributed by atoms with van der Waals surface area (Å²) < 4.78 is 5.89. The molecule has 0 N–H and O–H groups in total. The molecule has 0 spiro atoms. The minimum absolute atomic E-state index is 0.475. The number of hydrogen-bond donors (Lipinski definition) is 0. The smallest absolute Gasteiger partial charge is 0.124 e. The van der Waals surface area contributed by atoms with Crippen LogP contribution in [0.4, 0.5) is 0 Å². The third-order valence-corrected chi connectivity index (χ3v) is 3.42. The van der Waals surface area contributed by atoms with Crippen LogP contribution in [0.25, 0.3) is 0 Å². The molecule has 0 aliphatic rings. The number of rotatable bonds is 4. The van der Waals surface area contributed by atoms with Crippen molar-refractivity contribution in [3.8, 4) is 5.75 Å². The van der Waals surface area contributed by atoms with E-state index in [9.17, 15) is 0 Å². The summed E-state index contributed by atoms with van der Waals surface area (Å²) in [5, 5.41) is 0. The molecule has 94 valence electrons. The van der Waals surface area contributed by atoms with Crippen LogP contribution in [0.1, 0.15) is 22.3 Å². The highest BCUT2D eigenvalue weighted by atomic mass is 35.5. The number of ether oxygens (including phenoxy) is 1. The van der Waals surface area contributed by atoms with E-state index < -0.39 is 0 Å². The summed E-state index contributed by atoms with van der Waals surface area (Å²) in [4.78, 5) is 0. The van der Waals surface area contributed by atoms with Gasteiger partial charge in [-0.15, -0.1) is 11.6 Å². The first-order valence-electron chi connectivity index (χ1n) is 6.04. The maximum absolute atomic E-state index is 5.90. The lowest BCUT2D eigenvalue weighted by molar-refractivity contribution is 0.302. The molecule has 0 aliphatic carbocycles. The van der Waals surface area contributed by atoms with E-state index in [-0.39, 0.29) is 0 Å². The Labute approximate surface area is 113 Å². The molecular weight excluding hydrogens is 244 g/mol. The predicted octanol–water partition coefficient (Wildman–Crippen LogP) is 4.62. The fourth-order valence-corrected chi connectivity index (χ4v) is 2.20. The van der Waals surface area contributed by atoms with Crippen LogP contribution in [-0.2, 0) is 12.5 Å². The number of alkyl halides is 1. The van der Waals surface area contributed by atoms with Gasteiger partial charge in [-0.1, -0.05) is 36.4 Å². The van der Waals surface area contributed by atoms with E-state index in [1.807, 2.05) is 24.3 Å². The van der Waals surface area contributed by atoms with Gasteiger partial charge in [-0.2, -0.15) is 0 Å². The predicted molar refractivity (Wildman–Crippen MR) is 76.2 cm³/mol. The van der Waals surface area contributed by atoms with Crippen molar-refractivity contribution in [2.45, 2.75) is 26.3 Å². The van der Waals surface area contributed by atoms with Gasteiger partial charge in [0.25, 0.3) is 0 Å². The molecule has 0 bridgehead atoms. The Kier molecular flexibility index (Phi) is 4.27. The Morgan fingerprint density at radius 2 is 1.61 bits per heavy atom. The second-order valence-corrected chi connectivity index (χ2v) is 4.67. The van der Waals surface area contributed by atoms with Crippen LogP contribution in [0.3, 0.4) is 0 Å². The highest BCUT2D eigenvalue weighted by Gasteiger charge is 2.05. The first kappa shape index (κ1) is 13.0. The van der Waals surface area contributed by atoms with Gasteiger partial charge in [0.15, 0.2) is 0 Å². The normalized spacial score (nSPS) is 10.4. The lowest BCUT2D eigenvalue weighted by atomic mass is 10.0. The van der Waals surface area contributed by atoms with Crippen LogP contribution in [-0.4, -0.2) is 0 Å². The summed E-state index contributed by atoms with van der Waals surface area (Å²) >= 11 is 5.90. The summed E-state index contributed by atoms with van der Waals surface area (Å²) in [6.07, 6.45) is 0. The van der Waals surface area contributed by atoms with E-state index in [1.54, 1.807) is 0 Å². The van der Waals surface area contributed by atoms with Crippen LogP contribution in [0.5, 0.6) is 5.75 Å². The number of hydrogen-bond acceptors (Lipinski definition) is 1. The van der Waals surface area contributed by atoms with Gasteiger partial charge < -0.3 is 4.74 Å². The topological polar surface area (TPSA) is 9.23 Å². The minimum atomic E-state index is 0.475. The Hall–Kier alpha value is -1.47. The summed E-state index contributed by atoms with van der Waals surface area (Å²) in [7, 11) is 0. The summed E-state index contributed by atoms with van der Waals surface area (Å²) in [6.45, 7) is 4.81. The largest absolute Gasteiger partial charge is 0.489 e. The molecule has 0 saturated carbocycles. The molecular formula is C16H17ClO. The molecule has 0 radical (unpaired) electrons. The van der Waals surface area contributed by atoms with Gasteiger partial charge in [-0.25, -0.2) is 0 Å². The fraction of sp³-hybridized carbons (Fsp3) is 0.250. The zero-order chi connectivity index (χ0) is 13.0. The van der Waals surface area contributed by atoms with Gasteiger partial charge in [0.1, 0.15) is 12.4 Å². The zero-order valence-corrected chi connectivity index (χ0v) is 11.5. The molecule has 2 heteroatoms. The van der Waals surface area contributed by atoms with Crippen LogP contribution < -0.4 is 4.74 Å². The van der Waals surface area contributed by atoms with Gasteiger partial charge >= 0.3 is 0 Å². The van der Waals surface area contributed by atoms with Crippen molar-refractivity contribution in [2.24, 2.45) is 0 Å². The molecule has 0 aliphatic heterocycles. The van der Waals surface area contributed by atoms with Crippen LogP contribution in [0, 0.1) is 13.8 Å². The molecule has 0 unspecified atom stereocenters. The highest BCUT2D eigenvalue weighted by Crippen LogP contribution is 2.22. The van der Waals surface area contributed by atoms with Gasteiger partial charge in [-0.05, 0) is 36.6 Å². The van der Waals surface area contributed by atoms with Crippen molar-refractivity contribution in [2.75, 3.05) is 0 Å². The highest BCUT2D eigenvalue weighted by molar-refractivity contribution is 6.17. The third kappa shape index (κ3) is 2.85. The van der Waals surface area contributed by atoms with Crippen molar-refractivity contribution in [3.05, 3.63) is 64.7 Å². The van der Waals surface area contributed by atoms with E-state index in [0.717, 1.165) is 11.3 Å². The van der Waals surface area contributed by atoms with E-state index >= 15 is 0 Å². The van der Waals surface area contributed by atoms with Crippen molar-refractivity contribution in [1.29, 1.82) is 0 Å². The van der Waals surface area contributed by atoms with E-state index in [4.69, 9.17) is 16.3 Å². The molecule has 0 atom stereocenters. The molecule has 0 fully saturated rings. The molecule has 2 aromatic carbocycles. The number of para-hydroxylation sites is 1. The molecule has 2 aromatic rings. The Balaban J connectivity index is 2.16. The maximum atomic E-state index is 5.90. The van der Waals surface area contributed by atoms with E-state index in [1.165, 1.54) is 16.7 Å². The summed E-state index contributed by atoms with van der Waals surface area (Å²) in [5.41, 5.74) is 4.81. The number of halogens is 1. The van der Waals surface area contributed by atoms with E-state index in [2.05, 4.69) is 32.0 Å². The maximum Gasteiger partial charge on any atom is 0.124 e. The van der Waals surface area contributed by atoms with Gasteiger partial charge in [-0.3, -0.25) is 0 Å². The lowest BCUT2D eigenvalue weighted by Crippen LogP contribution is -2.01. The monoisotopic (exact) mass is 260 g/mol. The van der Waals surface area contributed by atoms with Gasteiger partial charge in [0, 0.05) is 5.56 Å². The standard InChI is InChI=1S/C16H17ClO/c1-12-6-5-7-13(2)15(12)11-18-16-9-4-3-8-14(16)10-17/h3-9H,10-11H2,1-2H3. The SMILES string of the molecule is Cc1cccc(C)c1COc1ccccc1CCl. The van der Waals surface area contributed by atoms with Crippen molar-refractivity contribution < 1.29 is 4.74 Å². The molecule has 18 heavy (non-hydrogen) atoms. The summed E-state index contributed by atoms with van der Waals surface area (Å²) in [5.74, 6) is 1.35. The van der Waals surface area contributed by atoms with Crippen LogP contribution >= 0.6 is 11.6 Å². The fourth-order valence-electron chi connectivity index (χ4n) is 1.98. The average Bonchev–Trinajstić information content (AvgIpc) is 2.38.